The van der Waals surface area contributed by atoms with Gasteiger partial charge in [0.05, 0.1) is 34.2 Å². The van der Waals surface area contributed by atoms with Crippen LogP contribution in [0.15, 0.2) is 36.4 Å². The first-order chi connectivity index (χ1) is 23.1. The average Bonchev–Trinajstić information content (AvgIpc) is 3.62. The van der Waals surface area contributed by atoms with Crippen molar-refractivity contribution in [3.05, 3.63) is 58.1 Å². The van der Waals surface area contributed by atoms with Crippen molar-refractivity contribution in [2.75, 3.05) is 24.6 Å². The highest BCUT2D eigenvalue weighted by molar-refractivity contribution is 7.99. The highest BCUT2D eigenvalue weighted by atomic mass is 35.5. The van der Waals surface area contributed by atoms with Gasteiger partial charge in [0, 0.05) is 40.3 Å². The third-order valence-corrected chi connectivity index (χ3v) is 15.4. The summed E-state index contributed by atoms with van der Waals surface area (Å²) >= 11 is 6.49. The maximum Gasteiger partial charge on any atom is 0.262 e. The molecule has 2 saturated carbocycles. The second-order valence-electron chi connectivity index (χ2n) is 15.9. The highest BCUT2D eigenvalue weighted by Gasteiger charge is 2.49. The van der Waals surface area contributed by atoms with E-state index in [4.69, 9.17) is 25.8 Å². The molecule has 9 heteroatoms. The Morgan fingerprint density at radius 1 is 0.958 bits per heavy atom. The molecule has 2 unspecified atom stereocenters. The molecule has 7 nitrogen and oxygen atoms in total. The van der Waals surface area contributed by atoms with E-state index in [1.807, 2.05) is 25.1 Å². The Kier molecular flexibility index (Phi) is 8.79. The molecule has 260 valence electrons. The maximum atomic E-state index is 13.9. The number of nitrogens with zero attached hydrogens (tertiary/aromatic N) is 1. The predicted octanol–water partition coefficient (Wildman–Crippen LogP) is 7.32. The molecule has 10 atom stereocenters. The molecule has 3 aliphatic heterocycles. The lowest BCUT2D eigenvalue weighted by molar-refractivity contribution is -0.143. The minimum Gasteiger partial charge on any atom is -0.490 e. The summed E-state index contributed by atoms with van der Waals surface area (Å²) in [6.07, 6.45) is 12.1. The van der Waals surface area contributed by atoms with Gasteiger partial charge in [-0.2, -0.15) is 0 Å². The van der Waals surface area contributed by atoms with Gasteiger partial charge in [-0.25, -0.2) is 4.21 Å². The van der Waals surface area contributed by atoms with Crippen LogP contribution in [0, 0.1) is 23.7 Å². The van der Waals surface area contributed by atoms with Gasteiger partial charge in [0.25, 0.3) is 5.91 Å². The number of anilines is 1. The van der Waals surface area contributed by atoms with Crippen molar-refractivity contribution in [3.8, 4) is 5.75 Å². The van der Waals surface area contributed by atoms with Crippen LogP contribution in [0.4, 0.5) is 5.69 Å². The summed E-state index contributed by atoms with van der Waals surface area (Å²) in [7, 11) is -2.89. The minimum atomic E-state index is -2.89. The van der Waals surface area contributed by atoms with E-state index >= 15 is 0 Å². The van der Waals surface area contributed by atoms with Crippen molar-refractivity contribution in [1.29, 1.82) is 0 Å². The fraction of sp³-hybridized carbons (Fsp3) is 0.641. The average molecular weight is 695 g/mol. The number of ether oxygens (including phenoxy) is 3. The van der Waals surface area contributed by atoms with E-state index in [0.29, 0.717) is 29.9 Å². The van der Waals surface area contributed by atoms with E-state index in [1.54, 1.807) is 6.07 Å². The van der Waals surface area contributed by atoms with Gasteiger partial charge in [-0.3, -0.25) is 9.52 Å². The highest BCUT2D eigenvalue weighted by Crippen LogP contribution is 2.50. The molecule has 2 bridgehead atoms. The third kappa shape index (κ3) is 5.96. The van der Waals surface area contributed by atoms with Crippen LogP contribution in [0.25, 0.3) is 0 Å². The first-order valence-electron chi connectivity index (χ1n) is 18.4. The second-order valence-corrected chi connectivity index (χ2v) is 18.7. The van der Waals surface area contributed by atoms with E-state index in [0.717, 1.165) is 80.9 Å². The number of carbonyl (C=O) groups excluding carboxylic acids is 1. The van der Waals surface area contributed by atoms with Crippen LogP contribution in [0.5, 0.6) is 5.75 Å². The number of nitrogens with one attached hydrogen (secondary N) is 1. The minimum absolute atomic E-state index is 0.145. The Morgan fingerprint density at radius 3 is 2.52 bits per heavy atom. The van der Waals surface area contributed by atoms with E-state index < -0.39 is 9.71 Å². The monoisotopic (exact) mass is 694 g/mol. The molecule has 0 aromatic heterocycles. The number of amides is 1. The van der Waals surface area contributed by atoms with Crippen molar-refractivity contribution < 1.29 is 23.2 Å². The number of hydrogen-bond acceptors (Lipinski definition) is 6. The van der Waals surface area contributed by atoms with Crippen LogP contribution in [0.2, 0.25) is 5.02 Å². The summed E-state index contributed by atoms with van der Waals surface area (Å²) in [5, 5.41) is 0.516. The molecule has 3 aliphatic carbocycles. The largest absolute Gasteiger partial charge is 0.490 e. The van der Waals surface area contributed by atoms with Crippen molar-refractivity contribution in [1.82, 2.24) is 4.72 Å². The first kappa shape index (κ1) is 32.9. The molecule has 3 heterocycles. The van der Waals surface area contributed by atoms with Crippen molar-refractivity contribution in [3.63, 3.8) is 0 Å². The number of rotatable bonds is 1. The molecule has 6 aliphatic rings. The summed E-state index contributed by atoms with van der Waals surface area (Å²) in [6.45, 7) is 6.36. The normalized spacial score (nSPS) is 39.7. The number of carbonyl (C=O) groups is 1. The van der Waals surface area contributed by atoms with Gasteiger partial charge in [-0.15, -0.1) is 0 Å². The van der Waals surface area contributed by atoms with Gasteiger partial charge in [0.2, 0.25) is 0 Å². The van der Waals surface area contributed by atoms with Gasteiger partial charge in [-0.1, -0.05) is 31.0 Å². The Morgan fingerprint density at radius 2 is 1.75 bits per heavy atom. The standard InChI is InChI=1S/C39H51ClN2O5S/c1-24-7-4-9-31(38-46-35-10-5-11-36(35)47-38)30-15-12-28(30)21-42-22-39(18-6-8-26-19-29(40)14-16-32(26)39)23-45-34-17-13-27(20-33(34)42)37(43)41-48(3,44)25(24)2/h13-14,16-17,19-20,24-25,28,30-31,35-36,38H,3-12,15,18,21-23H2,1-2H3,(H,41,43,44)/t24-,25+,28-,30+,31+,35-,36+,38?,39-,48?/m0/s1. The van der Waals surface area contributed by atoms with Gasteiger partial charge in [0.1, 0.15) is 5.75 Å². The number of aryl methyl sites for hydroxylation is 1. The zero-order valence-corrected chi connectivity index (χ0v) is 30.0. The number of benzene rings is 2. The summed E-state index contributed by atoms with van der Waals surface area (Å²) < 4.78 is 36.9. The Hall–Kier alpha value is -2.26. The Bertz CT molecular complexity index is 1650. The predicted molar refractivity (Wildman–Crippen MR) is 193 cm³/mol. The fourth-order valence-electron chi connectivity index (χ4n) is 9.85. The van der Waals surface area contributed by atoms with Crippen molar-refractivity contribution in [2.45, 2.75) is 114 Å². The van der Waals surface area contributed by atoms with E-state index in [-0.39, 0.29) is 41.0 Å². The summed E-state index contributed by atoms with van der Waals surface area (Å²) in [5.74, 6) is 5.98. The second kappa shape index (κ2) is 12.8. The van der Waals surface area contributed by atoms with Gasteiger partial charge in [-0.05, 0) is 136 Å². The molecule has 1 N–H and O–H groups in total. The van der Waals surface area contributed by atoms with Crippen LogP contribution in [0.1, 0.15) is 99.5 Å². The fourth-order valence-corrected chi connectivity index (χ4v) is 11.6. The quantitative estimate of drug-likeness (QED) is 0.316. The molecule has 2 aromatic rings. The van der Waals surface area contributed by atoms with Crippen LogP contribution in [-0.4, -0.2) is 59.4 Å². The summed E-state index contributed by atoms with van der Waals surface area (Å²) in [5.41, 5.74) is 3.88. The number of hydrogen-bond donors (Lipinski definition) is 1. The zero-order chi connectivity index (χ0) is 33.2. The van der Waals surface area contributed by atoms with Gasteiger partial charge < -0.3 is 19.1 Å². The summed E-state index contributed by atoms with van der Waals surface area (Å²) in [6, 6.07) is 12.1. The smallest absolute Gasteiger partial charge is 0.262 e. The third-order valence-electron chi connectivity index (χ3n) is 13.0. The van der Waals surface area contributed by atoms with Crippen molar-refractivity contribution in [2.24, 2.45) is 23.7 Å². The molecule has 0 radical (unpaired) electrons. The zero-order valence-electron chi connectivity index (χ0n) is 28.5. The molecule has 1 spiro atoms. The molecule has 1 saturated heterocycles. The van der Waals surface area contributed by atoms with E-state index in [2.05, 4.69) is 34.5 Å². The van der Waals surface area contributed by atoms with Gasteiger partial charge >= 0.3 is 0 Å². The molecular formula is C39H51ClN2O5S. The molecule has 8 rings (SSSR count). The van der Waals surface area contributed by atoms with E-state index in [1.165, 1.54) is 30.4 Å². The molecule has 2 aromatic carbocycles. The molecule has 48 heavy (non-hydrogen) atoms. The lowest BCUT2D eigenvalue weighted by Crippen LogP contribution is -2.50. The topological polar surface area (TPSA) is 77.1 Å². The number of fused-ring (bicyclic) bond motifs is 5. The lowest BCUT2D eigenvalue weighted by Gasteiger charge is -2.47. The first-order valence-corrected chi connectivity index (χ1v) is 20.6. The van der Waals surface area contributed by atoms with Crippen LogP contribution < -0.4 is 14.4 Å². The van der Waals surface area contributed by atoms with Gasteiger partial charge in [0.15, 0.2) is 6.29 Å². The molecule has 1 amide bonds. The number of halogens is 1. The Labute approximate surface area is 291 Å². The summed E-state index contributed by atoms with van der Waals surface area (Å²) in [4.78, 5) is 16.2. The maximum absolute atomic E-state index is 13.9. The van der Waals surface area contributed by atoms with Crippen LogP contribution >= 0.6 is 11.6 Å². The SMILES string of the molecule is C=S1(=O)NC(=O)c2ccc3c(c2)N(C[C@@H]2CC[C@H]2[C@H](C2O[C@H]4CCC[C@H]4O2)CCC[C@H](C)[C@H]1C)C[C@@]1(CCCc2cc(Cl)ccc21)CO3. The van der Waals surface area contributed by atoms with Crippen molar-refractivity contribution >= 4 is 38.8 Å². The Balaban J connectivity index is 1.18. The van der Waals surface area contributed by atoms with Crippen LogP contribution in [0.3, 0.4) is 0 Å². The van der Waals surface area contributed by atoms with E-state index in [9.17, 15) is 9.00 Å². The van der Waals surface area contributed by atoms with Crippen LogP contribution in [-0.2, 0) is 31.0 Å². The molecule has 3 fully saturated rings. The lowest BCUT2D eigenvalue weighted by atomic mass is 9.64. The molecular weight excluding hydrogens is 644 g/mol.